The maximum atomic E-state index is 12.8. The van der Waals surface area contributed by atoms with Gasteiger partial charge in [-0.25, -0.2) is 8.42 Å². The lowest BCUT2D eigenvalue weighted by atomic mass is 9.94. The van der Waals surface area contributed by atoms with E-state index >= 15 is 0 Å². The molecule has 0 saturated carbocycles. The standard InChI is InChI=1S/C13H18FNO4S2/c1-10-4-3-9-15(11(10)2)21(18,19)13-7-5-12(6-8-13)20(14,16)17/h5-8,10-11H,3-4,9H2,1-2H3. The molecule has 1 aliphatic heterocycles. The highest BCUT2D eigenvalue weighted by atomic mass is 32.3. The van der Waals surface area contributed by atoms with Crippen LogP contribution in [0.4, 0.5) is 3.89 Å². The summed E-state index contributed by atoms with van der Waals surface area (Å²) >= 11 is 0. The van der Waals surface area contributed by atoms with Gasteiger partial charge in [0, 0.05) is 12.6 Å². The SMILES string of the molecule is CC1CCCN(S(=O)(=O)c2ccc(S(=O)(=O)F)cc2)C1C. The number of hydrogen-bond donors (Lipinski definition) is 0. The molecule has 8 heteroatoms. The molecule has 0 spiro atoms. The molecule has 1 aliphatic rings. The first-order valence-electron chi connectivity index (χ1n) is 6.70. The van der Waals surface area contributed by atoms with Crippen molar-refractivity contribution in [2.24, 2.45) is 5.92 Å². The predicted octanol–water partition coefficient (Wildman–Crippen LogP) is 2.15. The Balaban J connectivity index is 2.36. The van der Waals surface area contributed by atoms with Crippen molar-refractivity contribution in [1.29, 1.82) is 0 Å². The van der Waals surface area contributed by atoms with Crippen LogP contribution in [-0.4, -0.2) is 33.7 Å². The summed E-state index contributed by atoms with van der Waals surface area (Å²) in [5.74, 6) is 0.263. The highest BCUT2D eigenvalue weighted by Gasteiger charge is 2.34. The highest BCUT2D eigenvalue weighted by Crippen LogP contribution is 2.29. The van der Waals surface area contributed by atoms with Gasteiger partial charge in [-0.15, -0.1) is 3.89 Å². The van der Waals surface area contributed by atoms with E-state index in [4.69, 9.17) is 0 Å². The molecule has 2 atom stereocenters. The first-order valence-corrected chi connectivity index (χ1v) is 9.53. The molecule has 1 heterocycles. The lowest BCUT2D eigenvalue weighted by Gasteiger charge is -2.36. The minimum Gasteiger partial charge on any atom is -0.207 e. The molecule has 1 aromatic carbocycles. The van der Waals surface area contributed by atoms with Gasteiger partial charge >= 0.3 is 10.2 Å². The van der Waals surface area contributed by atoms with Crippen molar-refractivity contribution in [2.75, 3.05) is 6.54 Å². The largest absolute Gasteiger partial charge is 0.332 e. The van der Waals surface area contributed by atoms with Gasteiger partial charge in [0.15, 0.2) is 0 Å². The van der Waals surface area contributed by atoms with Crippen LogP contribution in [-0.2, 0) is 20.2 Å². The van der Waals surface area contributed by atoms with E-state index in [0.717, 1.165) is 37.1 Å². The van der Waals surface area contributed by atoms with E-state index in [-0.39, 0.29) is 16.9 Å². The zero-order chi connectivity index (χ0) is 15.8. The molecule has 0 aromatic heterocycles. The maximum absolute atomic E-state index is 12.8. The fourth-order valence-corrected chi connectivity index (χ4v) is 4.77. The van der Waals surface area contributed by atoms with Crippen molar-refractivity contribution < 1.29 is 20.7 Å². The quantitative estimate of drug-likeness (QED) is 0.794. The van der Waals surface area contributed by atoms with Crippen LogP contribution in [0.5, 0.6) is 0 Å². The molecule has 0 N–H and O–H groups in total. The Morgan fingerprint density at radius 2 is 1.57 bits per heavy atom. The summed E-state index contributed by atoms with van der Waals surface area (Å²) in [6, 6.07) is 4.09. The zero-order valence-electron chi connectivity index (χ0n) is 11.9. The van der Waals surface area contributed by atoms with Crippen LogP contribution in [0, 0.1) is 5.92 Å². The number of nitrogens with zero attached hydrogens (tertiary/aromatic N) is 1. The van der Waals surface area contributed by atoms with Gasteiger partial charge in [0.25, 0.3) is 0 Å². The van der Waals surface area contributed by atoms with E-state index < -0.39 is 25.1 Å². The van der Waals surface area contributed by atoms with Crippen LogP contribution in [0.25, 0.3) is 0 Å². The smallest absolute Gasteiger partial charge is 0.207 e. The molecular weight excluding hydrogens is 317 g/mol. The van der Waals surface area contributed by atoms with Crippen LogP contribution in [0.3, 0.4) is 0 Å². The monoisotopic (exact) mass is 335 g/mol. The van der Waals surface area contributed by atoms with Gasteiger partial charge in [0.05, 0.1) is 9.79 Å². The summed E-state index contributed by atoms with van der Waals surface area (Å²) in [4.78, 5) is -0.558. The summed E-state index contributed by atoms with van der Waals surface area (Å²) in [6.07, 6.45) is 1.77. The summed E-state index contributed by atoms with van der Waals surface area (Å²) in [5, 5.41) is 0. The molecule has 5 nitrogen and oxygen atoms in total. The fourth-order valence-electron chi connectivity index (χ4n) is 2.55. The summed E-state index contributed by atoms with van der Waals surface area (Å²) in [6.45, 7) is 4.31. The minimum atomic E-state index is -4.82. The first-order chi connectivity index (χ1) is 9.64. The number of halogens is 1. The average Bonchev–Trinajstić information content (AvgIpc) is 2.41. The normalized spacial score (nSPS) is 24.9. The number of sulfonamides is 1. The minimum absolute atomic E-state index is 0.0177. The predicted molar refractivity (Wildman–Crippen MR) is 76.5 cm³/mol. The molecular formula is C13H18FNO4S2. The molecule has 118 valence electrons. The van der Waals surface area contributed by atoms with Gasteiger partial charge in [0.1, 0.15) is 0 Å². The Bertz CT molecular complexity index is 713. The van der Waals surface area contributed by atoms with Crippen molar-refractivity contribution in [3.05, 3.63) is 24.3 Å². The van der Waals surface area contributed by atoms with Crippen molar-refractivity contribution in [2.45, 2.75) is 42.5 Å². The van der Waals surface area contributed by atoms with Crippen LogP contribution >= 0.6 is 0 Å². The van der Waals surface area contributed by atoms with Gasteiger partial charge in [0.2, 0.25) is 10.0 Å². The Kier molecular flexibility index (Phi) is 4.41. The molecule has 0 amide bonds. The van der Waals surface area contributed by atoms with E-state index in [1.165, 1.54) is 4.31 Å². The van der Waals surface area contributed by atoms with Crippen molar-refractivity contribution in [3.63, 3.8) is 0 Å². The fraction of sp³-hybridized carbons (Fsp3) is 0.538. The van der Waals surface area contributed by atoms with Crippen molar-refractivity contribution in [3.8, 4) is 0 Å². The third-order valence-electron chi connectivity index (χ3n) is 4.03. The Hall–Kier alpha value is -0.990. The highest BCUT2D eigenvalue weighted by molar-refractivity contribution is 7.89. The van der Waals surface area contributed by atoms with Gasteiger partial charge in [-0.2, -0.15) is 12.7 Å². The lowest BCUT2D eigenvalue weighted by Crippen LogP contribution is -2.45. The molecule has 1 aromatic rings. The number of rotatable bonds is 3. The van der Waals surface area contributed by atoms with E-state index in [2.05, 4.69) is 0 Å². The van der Waals surface area contributed by atoms with Crippen LogP contribution in [0.1, 0.15) is 26.7 Å². The van der Waals surface area contributed by atoms with Crippen molar-refractivity contribution in [1.82, 2.24) is 4.31 Å². The maximum Gasteiger partial charge on any atom is 0.332 e. The van der Waals surface area contributed by atoms with Crippen molar-refractivity contribution >= 4 is 20.2 Å². The Labute approximate surface area is 125 Å². The summed E-state index contributed by atoms with van der Waals surface area (Å²) < 4.78 is 61.0. The molecule has 2 unspecified atom stereocenters. The Morgan fingerprint density at radius 1 is 1.05 bits per heavy atom. The second-order valence-electron chi connectivity index (χ2n) is 5.39. The molecule has 0 radical (unpaired) electrons. The molecule has 1 fully saturated rings. The van der Waals surface area contributed by atoms with Gasteiger partial charge in [-0.05, 0) is 49.9 Å². The first kappa shape index (κ1) is 16.4. The zero-order valence-corrected chi connectivity index (χ0v) is 13.5. The third-order valence-corrected chi connectivity index (χ3v) is 6.86. The van der Waals surface area contributed by atoms with E-state index in [1.54, 1.807) is 0 Å². The topological polar surface area (TPSA) is 71.5 Å². The van der Waals surface area contributed by atoms with Crippen LogP contribution < -0.4 is 0 Å². The number of piperidine rings is 1. The number of hydrogen-bond acceptors (Lipinski definition) is 4. The van der Waals surface area contributed by atoms with E-state index in [1.807, 2.05) is 13.8 Å². The molecule has 1 saturated heterocycles. The summed E-state index contributed by atoms with van der Waals surface area (Å²) in [7, 11) is -8.51. The second kappa shape index (κ2) is 5.66. The van der Waals surface area contributed by atoms with Gasteiger partial charge in [-0.3, -0.25) is 0 Å². The molecule has 0 aliphatic carbocycles. The average molecular weight is 335 g/mol. The van der Waals surface area contributed by atoms with Crippen LogP contribution in [0.2, 0.25) is 0 Å². The third kappa shape index (κ3) is 3.27. The Morgan fingerprint density at radius 3 is 2.10 bits per heavy atom. The molecule has 0 bridgehead atoms. The van der Waals surface area contributed by atoms with E-state index in [0.29, 0.717) is 6.54 Å². The lowest BCUT2D eigenvalue weighted by molar-refractivity contribution is 0.202. The van der Waals surface area contributed by atoms with Crippen LogP contribution in [0.15, 0.2) is 34.1 Å². The van der Waals surface area contributed by atoms with Gasteiger partial charge in [-0.1, -0.05) is 6.92 Å². The van der Waals surface area contributed by atoms with E-state index in [9.17, 15) is 20.7 Å². The number of benzene rings is 1. The molecule has 21 heavy (non-hydrogen) atoms. The van der Waals surface area contributed by atoms with Gasteiger partial charge < -0.3 is 0 Å². The summed E-state index contributed by atoms with van der Waals surface area (Å²) in [5.41, 5.74) is 0. The molecule has 2 rings (SSSR count). The second-order valence-corrected chi connectivity index (χ2v) is 8.62.